The predicted molar refractivity (Wildman–Crippen MR) is 124 cm³/mol. The van der Waals surface area contributed by atoms with E-state index in [0.29, 0.717) is 27.5 Å². The molecule has 1 amide bonds. The summed E-state index contributed by atoms with van der Waals surface area (Å²) in [5.41, 5.74) is 2.83. The third kappa shape index (κ3) is 4.46. The Bertz CT molecular complexity index is 1300. The van der Waals surface area contributed by atoms with Crippen LogP contribution in [0.5, 0.6) is 5.75 Å². The van der Waals surface area contributed by atoms with Gasteiger partial charge in [-0.2, -0.15) is 0 Å². The highest BCUT2D eigenvalue weighted by Gasteiger charge is 2.15. The van der Waals surface area contributed by atoms with Gasteiger partial charge in [0.25, 0.3) is 5.56 Å². The molecule has 0 aliphatic carbocycles. The number of thioether (sulfide) groups is 1. The van der Waals surface area contributed by atoms with Gasteiger partial charge in [-0.1, -0.05) is 42.1 Å². The van der Waals surface area contributed by atoms with Crippen molar-refractivity contribution in [1.29, 1.82) is 0 Å². The van der Waals surface area contributed by atoms with Crippen molar-refractivity contribution >= 4 is 34.3 Å². The van der Waals surface area contributed by atoms with Gasteiger partial charge >= 0.3 is 0 Å². The second-order valence-corrected chi connectivity index (χ2v) is 7.84. The van der Waals surface area contributed by atoms with Crippen molar-refractivity contribution < 1.29 is 9.53 Å². The number of aromatic nitrogens is 2. The lowest BCUT2D eigenvalue weighted by molar-refractivity contribution is -0.113. The van der Waals surface area contributed by atoms with Crippen LogP contribution in [-0.2, 0) is 4.79 Å². The van der Waals surface area contributed by atoms with Gasteiger partial charge in [-0.25, -0.2) is 4.98 Å². The first-order valence-electron chi connectivity index (χ1n) is 9.71. The standard InChI is InChI=1S/C24H21N3O3S/c1-16-7-3-5-9-20(16)25-22(28)15-31-24-26-21-10-6-4-8-19(21)23(29)27(24)17-11-13-18(30-2)14-12-17/h3-14H,15H2,1-2H3,(H,25,28). The zero-order valence-electron chi connectivity index (χ0n) is 17.2. The van der Waals surface area contributed by atoms with Crippen molar-refractivity contribution in [2.24, 2.45) is 0 Å². The molecule has 1 N–H and O–H groups in total. The van der Waals surface area contributed by atoms with Crippen LogP contribution in [0.3, 0.4) is 0 Å². The number of carbonyl (C=O) groups excluding carboxylic acids is 1. The molecular formula is C24H21N3O3S. The first-order valence-corrected chi connectivity index (χ1v) is 10.7. The first kappa shape index (κ1) is 20.7. The van der Waals surface area contributed by atoms with Gasteiger partial charge in [-0.15, -0.1) is 0 Å². The predicted octanol–water partition coefficient (Wildman–Crippen LogP) is 4.43. The third-order valence-electron chi connectivity index (χ3n) is 4.83. The molecule has 1 aromatic heterocycles. The number of hydrogen-bond acceptors (Lipinski definition) is 5. The Morgan fingerprint density at radius 2 is 1.74 bits per heavy atom. The number of aryl methyl sites for hydroxylation is 1. The summed E-state index contributed by atoms with van der Waals surface area (Å²) in [6, 6.07) is 22.0. The lowest BCUT2D eigenvalue weighted by Gasteiger charge is -2.14. The maximum Gasteiger partial charge on any atom is 0.266 e. The topological polar surface area (TPSA) is 73.2 Å². The maximum absolute atomic E-state index is 13.3. The molecule has 0 fully saturated rings. The van der Waals surface area contributed by atoms with Gasteiger partial charge in [0.2, 0.25) is 5.91 Å². The molecule has 0 radical (unpaired) electrons. The van der Waals surface area contributed by atoms with Crippen LogP contribution in [0.15, 0.2) is 82.7 Å². The number of rotatable bonds is 6. The fourth-order valence-electron chi connectivity index (χ4n) is 3.20. The largest absolute Gasteiger partial charge is 0.497 e. The van der Waals surface area contributed by atoms with Crippen LogP contribution in [0.25, 0.3) is 16.6 Å². The minimum absolute atomic E-state index is 0.120. The average molecular weight is 432 g/mol. The molecule has 0 saturated heterocycles. The lowest BCUT2D eigenvalue weighted by atomic mass is 10.2. The summed E-state index contributed by atoms with van der Waals surface area (Å²) in [7, 11) is 1.59. The van der Waals surface area contributed by atoms with Gasteiger partial charge in [0.15, 0.2) is 5.16 Å². The van der Waals surface area contributed by atoms with E-state index in [1.807, 2.05) is 43.3 Å². The average Bonchev–Trinajstić information content (AvgIpc) is 2.79. The Morgan fingerprint density at radius 1 is 1.03 bits per heavy atom. The van der Waals surface area contributed by atoms with Gasteiger partial charge in [-0.3, -0.25) is 14.2 Å². The minimum atomic E-state index is -0.183. The second-order valence-electron chi connectivity index (χ2n) is 6.90. The molecule has 0 aliphatic rings. The van der Waals surface area contributed by atoms with E-state index in [2.05, 4.69) is 10.3 Å². The number of nitrogens with one attached hydrogen (secondary N) is 1. The van der Waals surface area contributed by atoms with Gasteiger partial charge in [0.1, 0.15) is 5.75 Å². The Labute approximate surface area is 183 Å². The van der Waals surface area contributed by atoms with E-state index in [-0.39, 0.29) is 17.2 Å². The first-order chi connectivity index (χ1) is 15.1. The molecule has 3 aromatic carbocycles. The van der Waals surface area contributed by atoms with Crippen LogP contribution < -0.4 is 15.6 Å². The van der Waals surface area contributed by atoms with Crippen LogP contribution in [0.1, 0.15) is 5.56 Å². The number of carbonyl (C=O) groups is 1. The minimum Gasteiger partial charge on any atom is -0.497 e. The van der Waals surface area contributed by atoms with Gasteiger partial charge in [-0.05, 0) is 55.0 Å². The highest BCUT2D eigenvalue weighted by atomic mass is 32.2. The van der Waals surface area contributed by atoms with Crippen LogP contribution in [0, 0.1) is 6.92 Å². The SMILES string of the molecule is COc1ccc(-n2c(SCC(=O)Nc3ccccc3C)nc3ccccc3c2=O)cc1. The number of benzene rings is 3. The third-order valence-corrected chi connectivity index (χ3v) is 5.77. The van der Waals surface area contributed by atoms with Gasteiger partial charge in [0, 0.05) is 5.69 Å². The normalized spacial score (nSPS) is 10.8. The molecule has 31 heavy (non-hydrogen) atoms. The van der Waals surface area contributed by atoms with Crippen LogP contribution in [0.2, 0.25) is 0 Å². The van der Waals surface area contributed by atoms with Crippen molar-refractivity contribution in [2.75, 3.05) is 18.2 Å². The molecule has 4 aromatic rings. The molecule has 156 valence electrons. The Kier molecular flexibility index (Phi) is 6.04. The molecule has 0 unspecified atom stereocenters. The van der Waals surface area contributed by atoms with E-state index >= 15 is 0 Å². The van der Waals surface area contributed by atoms with Crippen molar-refractivity contribution in [2.45, 2.75) is 12.1 Å². The van der Waals surface area contributed by atoms with E-state index in [4.69, 9.17) is 4.74 Å². The number of ether oxygens (including phenoxy) is 1. The van der Waals surface area contributed by atoms with E-state index in [1.54, 1.807) is 43.5 Å². The summed E-state index contributed by atoms with van der Waals surface area (Å²) in [5, 5.41) is 3.89. The highest BCUT2D eigenvalue weighted by molar-refractivity contribution is 7.99. The Morgan fingerprint density at radius 3 is 2.48 bits per heavy atom. The molecule has 0 aliphatic heterocycles. The summed E-state index contributed by atoms with van der Waals surface area (Å²) in [6.45, 7) is 1.94. The number of nitrogens with zero attached hydrogens (tertiary/aromatic N) is 2. The van der Waals surface area contributed by atoms with Crippen molar-refractivity contribution in [3.05, 3.63) is 88.7 Å². The molecule has 1 heterocycles. The smallest absolute Gasteiger partial charge is 0.266 e. The van der Waals surface area contributed by atoms with E-state index < -0.39 is 0 Å². The Balaban J connectivity index is 1.68. The quantitative estimate of drug-likeness (QED) is 0.361. The molecule has 0 bridgehead atoms. The fraction of sp³-hybridized carbons (Fsp3) is 0.125. The van der Waals surface area contributed by atoms with Crippen molar-refractivity contribution in [3.8, 4) is 11.4 Å². The number of methoxy groups -OCH3 is 1. The zero-order chi connectivity index (χ0) is 21.8. The number of amides is 1. The molecular weight excluding hydrogens is 410 g/mol. The molecule has 0 atom stereocenters. The maximum atomic E-state index is 13.3. The van der Waals surface area contributed by atoms with E-state index in [9.17, 15) is 9.59 Å². The second kappa shape index (κ2) is 9.06. The summed E-state index contributed by atoms with van der Waals surface area (Å²) < 4.78 is 6.76. The Hall–Kier alpha value is -3.58. The number of anilines is 1. The highest BCUT2D eigenvalue weighted by Crippen LogP contribution is 2.23. The van der Waals surface area contributed by atoms with Crippen LogP contribution in [-0.4, -0.2) is 28.3 Å². The summed E-state index contributed by atoms with van der Waals surface area (Å²) in [5.74, 6) is 0.648. The summed E-state index contributed by atoms with van der Waals surface area (Å²) in [6.07, 6.45) is 0. The summed E-state index contributed by atoms with van der Waals surface area (Å²) in [4.78, 5) is 30.5. The lowest BCUT2D eigenvalue weighted by Crippen LogP contribution is -2.23. The van der Waals surface area contributed by atoms with E-state index in [0.717, 1.165) is 11.3 Å². The molecule has 0 spiro atoms. The fourth-order valence-corrected chi connectivity index (χ4v) is 4.01. The molecule has 7 heteroatoms. The van der Waals surface area contributed by atoms with Crippen LogP contribution >= 0.6 is 11.8 Å². The number of para-hydroxylation sites is 2. The molecule has 0 saturated carbocycles. The molecule has 6 nitrogen and oxygen atoms in total. The van der Waals surface area contributed by atoms with E-state index in [1.165, 1.54) is 16.3 Å². The van der Waals surface area contributed by atoms with Gasteiger partial charge in [0.05, 0.1) is 29.5 Å². The summed E-state index contributed by atoms with van der Waals surface area (Å²) >= 11 is 1.22. The monoisotopic (exact) mass is 431 g/mol. The van der Waals surface area contributed by atoms with Gasteiger partial charge < -0.3 is 10.1 Å². The zero-order valence-corrected chi connectivity index (χ0v) is 18.0. The molecule has 4 rings (SSSR count). The van der Waals surface area contributed by atoms with Crippen LogP contribution in [0.4, 0.5) is 5.69 Å². The number of fused-ring (bicyclic) bond motifs is 1. The van der Waals surface area contributed by atoms with Crippen molar-refractivity contribution in [3.63, 3.8) is 0 Å². The number of hydrogen-bond donors (Lipinski definition) is 1. The van der Waals surface area contributed by atoms with Crippen molar-refractivity contribution in [1.82, 2.24) is 9.55 Å².